The predicted molar refractivity (Wildman–Crippen MR) is 84.9 cm³/mol. The maximum absolute atomic E-state index is 12.3. The first-order chi connectivity index (χ1) is 10.1. The third-order valence-electron chi connectivity index (χ3n) is 3.29. The average molecular weight is 312 g/mol. The summed E-state index contributed by atoms with van der Waals surface area (Å²) in [5, 5.41) is 10.7. The second-order valence-corrected chi connectivity index (χ2v) is 6.88. The molecular formula is C15H28N4O3. The molecule has 0 spiro atoms. The predicted octanol–water partition coefficient (Wildman–Crippen LogP) is 2.76. The van der Waals surface area contributed by atoms with Gasteiger partial charge in [-0.15, -0.1) is 0 Å². The summed E-state index contributed by atoms with van der Waals surface area (Å²) in [4.78, 5) is 26.6. The van der Waals surface area contributed by atoms with Crippen molar-refractivity contribution < 1.29 is 14.3 Å². The van der Waals surface area contributed by atoms with E-state index < -0.39 is 23.6 Å². The van der Waals surface area contributed by atoms with Crippen molar-refractivity contribution >= 4 is 18.1 Å². The summed E-state index contributed by atoms with van der Waals surface area (Å²) < 4.78 is 5.56. The Kier molecular flexibility index (Phi) is 6.20. The highest BCUT2D eigenvalue weighted by atomic mass is 16.5. The fraction of sp³-hybridized carbons (Fsp3) is 0.800. The molecule has 7 heteroatoms. The molecule has 0 aromatic rings. The number of carbonyl (C=O) groups is 2. The summed E-state index contributed by atoms with van der Waals surface area (Å²) in [5.41, 5.74) is -0.507. The Bertz CT molecular complexity index is 423. The fourth-order valence-corrected chi connectivity index (χ4v) is 2.24. The summed E-state index contributed by atoms with van der Waals surface area (Å²) in [5.74, 6) is 0. The lowest BCUT2D eigenvalue weighted by Gasteiger charge is -2.31. The van der Waals surface area contributed by atoms with Gasteiger partial charge < -0.3 is 15.0 Å². The van der Waals surface area contributed by atoms with Gasteiger partial charge in [-0.3, -0.25) is 5.41 Å². The zero-order chi connectivity index (χ0) is 16.9. The molecule has 126 valence electrons. The highest BCUT2D eigenvalue weighted by Crippen LogP contribution is 2.21. The highest BCUT2D eigenvalue weighted by molar-refractivity contribution is 6.08. The molecule has 0 radical (unpaired) electrons. The first-order valence-electron chi connectivity index (χ1n) is 7.70. The first kappa shape index (κ1) is 18.3. The number of imide groups is 1. The van der Waals surface area contributed by atoms with Crippen LogP contribution in [0.1, 0.15) is 52.9 Å². The van der Waals surface area contributed by atoms with E-state index >= 15 is 0 Å². The van der Waals surface area contributed by atoms with E-state index in [1.54, 1.807) is 0 Å². The van der Waals surface area contributed by atoms with E-state index in [0.29, 0.717) is 0 Å². The molecule has 0 aliphatic heterocycles. The van der Waals surface area contributed by atoms with Gasteiger partial charge >= 0.3 is 18.1 Å². The summed E-state index contributed by atoms with van der Waals surface area (Å²) in [6.07, 6.45) is 4.88. The second kappa shape index (κ2) is 7.47. The van der Waals surface area contributed by atoms with E-state index in [2.05, 4.69) is 5.32 Å². The minimum Gasteiger partial charge on any atom is -0.461 e. The van der Waals surface area contributed by atoms with Crippen LogP contribution in [0.5, 0.6) is 0 Å². The third kappa shape index (κ3) is 5.54. The number of hydrogen-bond donors (Lipinski definition) is 2. The van der Waals surface area contributed by atoms with E-state index in [4.69, 9.17) is 10.1 Å². The number of ether oxygens (including phenoxy) is 1. The van der Waals surface area contributed by atoms with Gasteiger partial charge in [0.15, 0.2) is 0 Å². The van der Waals surface area contributed by atoms with E-state index in [0.717, 1.165) is 37.0 Å². The molecule has 22 heavy (non-hydrogen) atoms. The maximum Gasteiger partial charge on any atom is 0.336 e. The van der Waals surface area contributed by atoms with Crippen molar-refractivity contribution in [1.82, 2.24) is 15.1 Å². The number of nitrogens with one attached hydrogen (secondary N) is 2. The average Bonchev–Trinajstić information content (AvgIpc) is 2.37. The summed E-state index contributed by atoms with van der Waals surface area (Å²) in [6.45, 7) is 5.44. The van der Waals surface area contributed by atoms with Gasteiger partial charge in [0, 0.05) is 19.6 Å². The molecule has 1 rings (SSSR count). The zero-order valence-corrected chi connectivity index (χ0v) is 14.2. The van der Waals surface area contributed by atoms with Gasteiger partial charge in [-0.25, -0.2) is 9.59 Å². The van der Waals surface area contributed by atoms with Gasteiger partial charge in [-0.1, -0.05) is 6.42 Å². The molecule has 0 unspecified atom stereocenters. The van der Waals surface area contributed by atoms with Gasteiger partial charge in [0.2, 0.25) is 0 Å². The van der Waals surface area contributed by atoms with Crippen LogP contribution in [0.25, 0.3) is 0 Å². The van der Waals surface area contributed by atoms with Crippen molar-refractivity contribution in [3.05, 3.63) is 0 Å². The van der Waals surface area contributed by atoms with Crippen molar-refractivity contribution in [2.45, 2.75) is 64.5 Å². The SMILES string of the molecule is CN(C)C(=O)N(C(=N)OC1CCCCC1)C(=O)NC(C)(C)C. The number of carbonyl (C=O) groups excluding carboxylic acids is 2. The Labute approximate surface area is 132 Å². The second-order valence-electron chi connectivity index (χ2n) is 6.88. The molecular weight excluding hydrogens is 284 g/mol. The summed E-state index contributed by atoms with van der Waals surface area (Å²) in [6, 6.07) is -1.65. The molecule has 1 saturated carbocycles. The lowest BCUT2D eigenvalue weighted by molar-refractivity contribution is 0.113. The van der Waals surface area contributed by atoms with Crippen LogP contribution < -0.4 is 5.32 Å². The number of hydrogen-bond acceptors (Lipinski definition) is 4. The molecule has 0 aromatic heterocycles. The lowest BCUT2D eigenvalue weighted by atomic mass is 9.98. The monoisotopic (exact) mass is 312 g/mol. The van der Waals surface area contributed by atoms with E-state index in [-0.39, 0.29) is 6.10 Å². The number of nitrogens with zero attached hydrogens (tertiary/aromatic N) is 2. The van der Waals surface area contributed by atoms with E-state index in [1.807, 2.05) is 20.8 Å². The van der Waals surface area contributed by atoms with Gasteiger partial charge in [0.25, 0.3) is 0 Å². The van der Waals surface area contributed by atoms with Crippen LogP contribution in [0.3, 0.4) is 0 Å². The fourth-order valence-electron chi connectivity index (χ4n) is 2.24. The molecule has 4 amide bonds. The number of rotatable bonds is 1. The molecule has 2 N–H and O–H groups in total. The minimum atomic E-state index is -0.646. The van der Waals surface area contributed by atoms with Crippen LogP contribution in [0.15, 0.2) is 0 Å². The molecule has 0 bridgehead atoms. The Morgan fingerprint density at radius 3 is 2.14 bits per heavy atom. The van der Waals surface area contributed by atoms with Crippen LogP contribution >= 0.6 is 0 Å². The molecule has 0 atom stereocenters. The number of amidine groups is 1. The van der Waals surface area contributed by atoms with Gasteiger partial charge in [0.1, 0.15) is 6.10 Å². The third-order valence-corrected chi connectivity index (χ3v) is 3.29. The highest BCUT2D eigenvalue weighted by Gasteiger charge is 2.32. The Morgan fingerprint density at radius 2 is 1.68 bits per heavy atom. The normalized spacial score (nSPS) is 15.9. The van der Waals surface area contributed by atoms with Crippen molar-refractivity contribution in [3.63, 3.8) is 0 Å². The largest absolute Gasteiger partial charge is 0.461 e. The van der Waals surface area contributed by atoms with Crippen LogP contribution in [-0.2, 0) is 4.74 Å². The molecule has 0 saturated heterocycles. The molecule has 0 aromatic carbocycles. The van der Waals surface area contributed by atoms with Crippen molar-refractivity contribution in [2.24, 2.45) is 0 Å². The van der Waals surface area contributed by atoms with Crippen molar-refractivity contribution in [1.29, 1.82) is 5.41 Å². The van der Waals surface area contributed by atoms with E-state index in [1.165, 1.54) is 19.0 Å². The maximum atomic E-state index is 12.3. The van der Waals surface area contributed by atoms with Gasteiger partial charge in [-0.2, -0.15) is 4.90 Å². The topological polar surface area (TPSA) is 85.7 Å². The first-order valence-corrected chi connectivity index (χ1v) is 7.70. The van der Waals surface area contributed by atoms with Crippen LogP contribution in [0.4, 0.5) is 9.59 Å². The van der Waals surface area contributed by atoms with Gasteiger partial charge in [-0.05, 0) is 46.5 Å². The summed E-state index contributed by atoms with van der Waals surface area (Å²) in [7, 11) is 3.07. The lowest BCUT2D eigenvalue weighted by Crippen LogP contribution is -2.56. The quantitative estimate of drug-likeness (QED) is 0.576. The summed E-state index contributed by atoms with van der Waals surface area (Å²) >= 11 is 0. The molecule has 1 fully saturated rings. The Hall–Kier alpha value is -1.79. The molecule has 1 aliphatic rings. The molecule has 1 aliphatic carbocycles. The minimum absolute atomic E-state index is 0.0962. The Balaban J connectivity index is 2.82. The molecule has 7 nitrogen and oxygen atoms in total. The standard InChI is InChI=1S/C15H28N4O3/c1-15(2,3)17-13(20)19(14(21)18(4)5)12(16)22-11-9-7-6-8-10-11/h11,16H,6-10H2,1-5H3,(H,17,20). The van der Waals surface area contributed by atoms with E-state index in [9.17, 15) is 9.59 Å². The van der Waals surface area contributed by atoms with Crippen LogP contribution in [0, 0.1) is 5.41 Å². The smallest absolute Gasteiger partial charge is 0.336 e. The number of urea groups is 2. The van der Waals surface area contributed by atoms with Crippen LogP contribution in [0.2, 0.25) is 0 Å². The molecule has 0 heterocycles. The van der Waals surface area contributed by atoms with Crippen molar-refractivity contribution in [2.75, 3.05) is 14.1 Å². The zero-order valence-electron chi connectivity index (χ0n) is 14.2. The number of amides is 4. The van der Waals surface area contributed by atoms with Gasteiger partial charge in [0.05, 0.1) is 0 Å². The Morgan fingerprint density at radius 1 is 1.14 bits per heavy atom. The van der Waals surface area contributed by atoms with Crippen LogP contribution in [-0.4, -0.2) is 53.6 Å². The van der Waals surface area contributed by atoms with Crippen molar-refractivity contribution in [3.8, 4) is 0 Å².